The molecule has 0 amide bonds. The summed E-state index contributed by atoms with van der Waals surface area (Å²) in [4.78, 5) is 35.8. The zero-order valence-corrected chi connectivity index (χ0v) is 17.5. The summed E-state index contributed by atoms with van der Waals surface area (Å²) in [6, 6.07) is 0. The van der Waals surface area contributed by atoms with Crippen molar-refractivity contribution in [3.63, 3.8) is 0 Å². The number of ether oxygens (including phenoxy) is 2. The molecule has 29 heavy (non-hydrogen) atoms. The van der Waals surface area contributed by atoms with Crippen LogP contribution in [0.4, 0.5) is 4.39 Å². The SMILES string of the molecule is COc1c(C)c2c(c(C(=O)C(F)(Cl)Cl)c1C/C=C(\C)CCC(=O)O)C(=O)OC2N. The van der Waals surface area contributed by atoms with E-state index in [-0.39, 0.29) is 47.3 Å². The summed E-state index contributed by atoms with van der Waals surface area (Å²) in [5.41, 5.74) is 6.83. The van der Waals surface area contributed by atoms with Crippen LogP contribution in [0.15, 0.2) is 11.6 Å². The Morgan fingerprint density at radius 2 is 2.00 bits per heavy atom. The molecular weight excluding hydrogens is 428 g/mol. The Bertz CT molecular complexity index is 907. The lowest BCUT2D eigenvalue weighted by molar-refractivity contribution is -0.136. The first-order valence-corrected chi connectivity index (χ1v) is 9.34. The van der Waals surface area contributed by atoms with Crippen molar-refractivity contribution in [2.45, 2.75) is 43.9 Å². The van der Waals surface area contributed by atoms with Gasteiger partial charge in [0, 0.05) is 28.7 Å². The number of fused-ring (bicyclic) bond motifs is 1. The van der Waals surface area contributed by atoms with Gasteiger partial charge in [-0.3, -0.25) is 15.3 Å². The third-order valence-electron chi connectivity index (χ3n) is 4.64. The molecule has 0 saturated carbocycles. The molecule has 7 nitrogen and oxygen atoms in total. The van der Waals surface area contributed by atoms with E-state index < -0.39 is 28.5 Å². The highest BCUT2D eigenvalue weighted by atomic mass is 35.5. The molecule has 0 bridgehead atoms. The molecule has 10 heteroatoms. The van der Waals surface area contributed by atoms with E-state index in [1.165, 1.54) is 7.11 Å². The van der Waals surface area contributed by atoms with E-state index in [4.69, 9.17) is 43.5 Å². The average molecular weight is 448 g/mol. The molecular formula is C19H20Cl2FNO6. The van der Waals surface area contributed by atoms with Crippen LogP contribution in [-0.4, -0.2) is 34.5 Å². The molecule has 1 atom stereocenters. The molecule has 1 aromatic carbocycles. The fraction of sp³-hybridized carbons (Fsp3) is 0.421. The minimum Gasteiger partial charge on any atom is -0.496 e. The molecule has 1 aliphatic heterocycles. The smallest absolute Gasteiger partial charge is 0.341 e. The van der Waals surface area contributed by atoms with E-state index in [1.807, 2.05) is 0 Å². The van der Waals surface area contributed by atoms with E-state index in [2.05, 4.69) is 0 Å². The zero-order chi connectivity index (χ0) is 22.1. The van der Waals surface area contributed by atoms with Gasteiger partial charge in [0.2, 0.25) is 5.78 Å². The van der Waals surface area contributed by atoms with Gasteiger partial charge < -0.3 is 14.6 Å². The van der Waals surface area contributed by atoms with E-state index in [9.17, 15) is 18.8 Å². The molecule has 0 aromatic heterocycles. The fourth-order valence-corrected chi connectivity index (χ4v) is 3.47. The van der Waals surface area contributed by atoms with Crippen molar-refractivity contribution in [1.82, 2.24) is 0 Å². The number of rotatable bonds is 8. The van der Waals surface area contributed by atoms with Crippen molar-refractivity contribution in [2.75, 3.05) is 7.11 Å². The average Bonchev–Trinajstić information content (AvgIpc) is 2.91. The van der Waals surface area contributed by atoms with Crippen LogP contribution in [0, 0.1) is 6.92 Å². The number of methoxy groups -OCH3 is 1. The van der Waals surface area contributed by atoms with Crippen LogP contribution in [0.5, 0.6) is 5.75 Å². The number of cyclic esters (lactones) is 1. The van der Waals surface area contributed by atoms with Gasteiger partial charge in [-0.25, -0.2) is 4.79 Å². The van der Waals surface area contributed by atoms with Crippen LogP contribution in [0.1, 0.15) is 63.4 Å². The topological polar surface area (TPSA) is 116 Å². The van der Waals surface area contributed by atoms with Gasteiger partial charge in [0.15, 0.2) is 6.23 Å². The molecule has 3 N–H and O–H groups in total. The summed E-state index contributed by atoms with van der Waals surface area (Å²) in [7, 11) is 1.35. The Hall–Kier alpha value is -2.16. The number of alkyl halides is 3. The number of allylic oxidation sites excluding steroid dienone is 2. The van der Waals surface area contributed by atoms with E-state index in [0.29, 0.717) is 11.1 Å². The number of hydrogen-bond donors (Lipinski definition) is 2. The van der Waals surface area contributed by atoms with Gasteiger partial charge >= 0.3 is 16.5 Å². The van der Waals surface area contributed by atoms with Gasteiger partial charge in [-0.15, -0.1) is 0 Å². The Morgan fingerprint density at radius 3 is 2.52 bits per heavy atom. The highest BCUT2D eigenvalue weighted by molar-refractivity contribution is 6.58. The van der Waals surface area contributed by atoms with E-state index in [0.717, 1.165) is 0 Å². The summed E-state index contributed by atoms with van der Waals surface area (Å²) in [5, 5.41) is 8.81. The number of benzene rings is 1. The van der Waals surface area contributed by atoms with E-state index in [1.54, 1.807) is 19.9 Å². The van der Waals surface area contributed by atoms with Crippen LogP contribution < -0.4 is 10.5 Å². The molecule has 1 aliphatic rings. The Balaban J connectivity index is 2.71. The minimum atomic E-state index is -3.29. The molecule has 0 radical (unpaired) electrons. The monoisotopic (exact) mass is 447 g/mol. The zero-order valence-electron chi connectivity index (χ0n) is 16.0. The molecule has 1 unspecified atom stereocenters. The van der Waals surface area contributed by atoms with Gasteiger partial charge in [0.05, 0.1) is 12.7 Å². The van der Waals surface area contributed by atoms with Crippen molar-refractivity contribution in [3.8, 4) is 5.75 Å². The van der Waals surface area contributed by atoms with E-state index >= 15 is 0 Å². The van der Waals surface area contributed by atoms with Crippen LogP contribution in [0.25, 0.3) is 0 Å². The number of carbonyl (C=O) groups excluding carboxylic acids is 2. The third kappa shape index (κ3) is 4.71. The number of esters is 1. The second-order valence-corrected chi connectivity index (χ2v) is 7.84. The van der Waals surface area contributed by atoms with Crippen LogP contribution in [0.3, 0.4) is 0 Å². The number of nitrogens with two attached hydrogens (primary N) is 1. The lowest BCUT2D eigenvalue weighted by Gasteiger charge is -2.20. The highest BCUT2D eigenvalue weighted by Gasteiger charge is 2.44. The number of Topliss-reactive ketones (excluding diaryl/α,β-unsaturated/α-hetero) is 1. The standard InChI is InChI=1S/C19H20Cl2FNO6/c1-8(5-7-11(24)25)4-6-10-13(16(26)19(20,21)22)14-12(9(2)15(10)28-3)17(23)29-18(14)27/h4,17H,5-7,23H2,1-3H3,(H,24,25)/b8-4+. The largest absolute Gasteiger partial charge is 0.496 e. The summed E-state index contributed by atoms with van der Waals surface area (Å²) in [6.07, 6.45) is 0.740. The molecule has 0 fully saturated rings. The summed E-state index contributed by atoms with van der Waals surface area (Å²) in [6.45, 7) is 3.34. The lowest BCUT2D eigenvalue weighted by atomic mass is 9.87. The van der Waals surface area contributed by atoms with Gasteiger partial charge in [0.1, 0.15) is 5.75 Å². The predicted octanol–water partition coefficient (Wildman–Crippen LogP) is 3.77. The van der Waals surface area contributed by atoms with Gasteiger partial charge in [-0.05, 0) is 26.7 Å². The van der Waals surface area contributed by atoms with Crippen molar-refractivity contribution < 1.29 is 33.4 Å². The predicted molar refractivity (Wildman–Crippen MR) is 104 cm³/mol. The van der Waals surface area contributed by atoms with Gasteiger partial charge in [0.25, 0.3) is 0 Å². The number of ketones is 1. The Labute approximate surface area is 176 Å². The number of halogens is 3. The number of carboxylic acids is 1. The maximum Gasteiger partial charge on any atom is 0.341 e. The maximum atomic E-state index is 14.2. The van der Waals surface area contributed by atoms with Crippen molar-refractivity contribution >= 4 is 40.9 Å². The Kier molecular flexibility index (Phi) is 6.93. The van der Waals surface area contributed by atoms with Crippen LogP contribution >= 0.6 is 23.2 Å². The minimum absolute atomic E-state index is 0.0379. The van der Waals surface area contributed by atoms with Crippen molar-refractivity contribution in [1.29, 1.82) is 0 Å². The Morgan fingerprint density at radius 1 is 1.38 bits per heavy atom. The molecule has 158 valence electrons. The summed E-state index contributed by atoms with van der Waals surface area (Å²) in [5.74, 6) is -2.98. The molecule has 1 heterocycles. The molecule has 1 aromatic rings. The van der Waals surface area contributed by atoms with Gasteiger partial charge in [-0.2, -0.15) is 4.39 Å². The fourth-order valence-electron chi connectivity index (χ4n) is 3.28. The second kappa shape index (κ2) is 8.69. The van der Waals surface area contributed by atoms with Crippen LogP contribution in [0.2, 0.25) is 0 Å². The lowest BCUT2D eigenvalue weighted by Crippen LogP contribution is -2.25. The first-order valence-electron chi connectivity index (χ1n) is 8.58. The van der Waals surface area contributed by atoms with Crippen molar-refractivity contribution in [2.24, 2.45) is 5.73 Å². The maximum absolute atomic E-state index is 14.2. The van der Waals surface area contributed by atoms with Gasteiger partial charge in [-0.1, -0.05) is 34.9 Å². The first-order chi connectivity index (χ1) is 13.4. The summed E-state index contributed by atoms with van der Waals surface area (Å²) >= 11 is 10.8. The quantitative estimate of drug-likeness (QED) is 0.269. The number of hydrogen-bond acceptors (Lipinski definition) is 6. The normalized spacial score (nSPS) is 16.4. The molecule has 0 aliphatic carbocycles. The molecule has 2 rings (SSSR count). The number of aliphatic carboxylic acids is 1. The first kappa shape index (κ1) is 23.1. The number of carboxylic acid groups (broad SMARTS) is 1. The highest BCUT2D eigenvalue weighted by Crippen LogP contribution is 2.43. The third-order valence-corrected chi connectivity index (χ3v) is 4.98. The molecule has 0 spiro atoms. The molecule has 0 saturated heterocycles. The number of carbonyl (C=O) groups is 3. The van der Waals surface area contributed by atoms with Crippen LogP contribution in [-0.2, 0) is 16.0 Å². The summed E-state index contributed by atoms with van der Waals surface area (Å²) < 4.78 is 21.3. The van der Waals surface area contributed by atoms with Crippen molar-refractivity contribution in [3.05, 3.63) is 39.5 Å². The second-order valence-electron chi connectivity index (χ2n) is 6.60.